The highest BCUT2D eigenvalue weighted by Crippen LogP contribution is 2.28. The molecule has 2 aromatic rings. The molecule has 90 valence electrons. The molecule has 0 saturated carbocycles. The number of fused-ring (bicyclic) bond motifs is 1. The highest BCUT2D eigenvalue weighted by atomic mass is 35.5. The fourth-order valence-electron chi connectivity index (χ4n) is 2.09. The molecule has 1 heterocycles. The molecular formula is C14H11ClN2O. The van der Waals surface area contributed by atoms with Crippen molar-refractivity contribution in [2.75, 3.05) is 6.54 Å². The third-order valence-electron chi connectivity index (χ3n) is 3.01. The lowest BCUT2D eigenvalue weighted by Gasteiger charge is -2.05. The van der Waals surface area contributed by atoms with Gasteiger partial charge in [0.15, 0.2) is 0 Å². The molecule has 1 aliphatic heterocycles. The van der Waals surface area contributed by atoms with Crippen molar-refractivity contribution in [1.29, 1.82) is 0 Å². The molecule has 0 atom stereocenters. The number of hydrogen-bond acceptors (Lipinski definition) is 2. The van der Waals surface area contributed by atoms with Crippen LogP contribution in [0.25, 0.3) is 16.8 Å². The highest BCUT2D eigenvalue weighted by Gasteiger charge is 2.16. The summed E-state index contributed by atoms with van der Waals surface area (Å²) >= 11 is 6.23. The number of rotatable bonds is 1. The Morgan fingerprint density at radius 1 is 1.17 bits per heavy atom. The molecule has 3 rings (SSSR count). The van der Waals surface area contributed by atoms with Crippen LogP contribution in [0, 0.1) is 0 Å². The minimum Gasteiger partial charge on any atom is -0.287 e. The standard InChI is InChI=1S/C14H11ClN2O/c15-13-6-5-9-3-1-2-4-11(9)12(13)7-10-8-16-17-14(10)18/h1-7,16H,8H2,(H,17,18)/b10-7+. The van der Waals surface area contributed by atoms with E-state index < -0.39 is 0 Å². The van der Waals surface area contributed by atoms with E-state index in [9.17, 15) is 4.79 Å². The van der Waals surface area contributed by atoms with E-state index in [0.29, 0.717) is 17.1 Å². The van der Waals surface area contributed by atoms with Crippen molar-refractivity contribution < 1.29 is 4.79 Å². The molecule has 0 spiro atoms. The third kappa shape index (κ3) is 1.88. The zero-order chi connectivity index (χ0) is 12.5. The third-order valence-corrected chi connectivity index (χ3v) is 3.34. The lowest BCUT2D eigenvalue weighted by Crippen LogP contribution is -2.25. The van der Waals surface area contributed by atoms with Gasteiger partial charge in [0.2, 0.25) is 0 Å². The molecule has 4 heteroatoms. The van der Waals surface area contributed by atoms with Crippen LogP contribution in [0.4, 0.5) is 0 Å². The molecule has 0 radical (unpaired) electrons. The largest absolute Gasteiger partial charge is 0.287 e. The summed E-state index contributed by atoms with van der Waals surface area (Å²) in [6.07, 6.45) is 1.85. The van der Waals surface area contributed by atoms with Crippen LogP contribution >= 0.6 is 11.6 Å². The Balaban J connectivity index is 2.22. The van der Waals surface area contributed by atoms with Gasteiger partial charge in [0.05, 0.1) is 0 Å². The van der Waals surface area contributed by atoms with Gasteiger partial charge in [0, 0.05) is 22.7 Å². The SMILES string of the molecule is O=C1NNC/C1=C\c1c(Cl)ccc2ccccc12. The molecule has 1 fully saturated rings. The van der Waals surface area contributed by atoms with Gasteiger partial charge >= 0.3 is 0 Å². The summed E-state index contributed by atoms with van der Waals surface area (Å²) in [6.45, 7) is 0.512. The van der Waals surface area contributed by atoms with Gasteiger partial charge in [-0.15, -0.1) is 0 Å². The Kier molecular flexibility index (Phi) is 2.78. The van der Waals surface area contributed by atoms with Crippen LogP contribution < -0.4 is 10.9 Å². The van der Waals surface area contributed by atoms with Gasteiger partial charge in [0.1, 0.15) is 0 Å². The van der Waals surface area contributed by atoms with E-state index in [1.54, 1.807) is 0 Å². The number of nitrogens with one attached hydrogen (secondary N) is 2. The van der Waals surface area contributed by atoms with Gasteiger partial charge in [-0.1, -0.05) is 41.9 Å². The number of amides is 1. The quantitative estimate of drug-likeness (QED) is 0.772. The summed E-state index contributed by atoms with van der Waals surface area (Å²) in [6, 6.07) is 11.8. The normalized spacial score (nSPS) is 17.4. The monoisotopic (exact) mass is 258 g/mol. The molecule has 1 saturated heterocycles. The summed E-state index contributed by atoms with van der Waals surface area (Å²) in [5.41, 5.74) is 6.94. The topological polar surface area (TPSA) is 41.1 Å². The van der Waals surface area contributed by atoms with Gasteiger partial charge in [-0.3, -0.25) is 10.2 Å². The molecular weight excluding hydrogens is 248 g/mol. The molecule has 0 aromatic heterocycles. The lowest BCUT2D eigenvalue weighted by atomic mass is 10.0. The first-order valence-electron chi connectivity index (χ1n) is 5.67. The number of benzene rings is 2. The average Bonchev–Trinajstić information content (AvgIpc) is 2.79. The maximum absolute atomic E-state index is 11.5. The first kappa shape index (κ1) is 11.3. The zero-order valence-corrected chi connectivity index (χ0v) is 10.3. The molecule has 1 amide bonds. The van der Waals surface area contributed by atoms with Gasteiger partial charge < -0.3 is 0 Å². The minimum atomic E-state index is -0.0981. The van der Waals surface area contributed by atoms with Crippen molar-refractivity contribution in [2.24, 2.45) is 0 Å². The summed E-state index contributed by atoms with van der Waals surface area (Å²) in [4.78, 5) is 11.5. The van der Waals surface area contributed by atoms with Crippen molar-refractivity contribution in [2.45, 2.75) is 0 Å². The Bertz CT molecular complexity index is 664. The van der Waals surface area contributed by atoms with Crippen molar-refractivity contribution in [3.05, 3.63) is 52.6 Å². The predicted octanol–water partition coefficient (Wildman–Crippen LogP) is 2.51. The number of halogens is 1. The molecule has 2 aromatic carbocycles. The highest BCUT2D eigenvalue weighted by molar-refractivity contribution is 6.33. The second-order valence-electron chi connectivity index (χ2n) is 4.16. The van der Waals surface area contributed by atoms with Crippen LogP contribution in [0.15, 0.2) is 42.0 Å². The minimum absolute atomic E-state index is 0.0981. The number of carbonyl (C=O) groups excluding carboxylic acids is 1. The van der Waals surface area contributed by atoms with Crippen molar-refractivity contribution in [1.82, 2.24) is 10.9 Å². The second-order valence-corrected chi connectivity index (χ2v) is 4.57. The lowest BCUT2D eigenvalue weighted by molar-refractivity contribution is -0.116. The Labute approximate surface area is 109 Å². The Hall–Kier alpha value is -1.84. The van der Waals surface area contributed by atoms with Crippen LogP contribution in [0.3, 0.4) is 0 Å². The van der Waals surface area contributed by atoms with E-state index in [0.717, 1.165) is 16.3 Å². The number of carbonyl (C=O) groups is 1. The van der Waals surface area contributed by atoms with Gasteiger partial charge in [0.25, 0.3) is 5.91 Å². The predicted molar refractivity (Wildman–Crippen MR) is 73.1 cm³/mol. The van der Waals surface area contributed by atoms with Crippen LogP contribution in [0.2, 0.25) is 5.02 Å². The van der Waals surface area contributed by atoms with E-state index in [-0.39, 0.29) is 5.91 Å². The van der Waals surface area contributed by atoms with Gasteiger partial charge in [-0.2, -0.15) is 0 Å². The maximum atomic E-state index is 11.5. The van der Waals surface area contributed by atoms with E-state index >= 15 is 0 Å². The van der Waals surface area contributed by atoms with Crippen molar-refractivity contribution >= 4 is 34.4 Å². The summed E-state index contributed by atoms with van der Waals surface area (Å²) in [5, 5.41) is 2.82. The Morgan fingerprint density at radius 2 is 2.00 bits per heavy atom. The van der Waals surface area contributed by atoms with Crippen LogP contribution in [0.5, 0.6) is 0 Å². The zero-order valence-electron chi connectivity index (χ0n) is 9.53. The molecule has 0 unspecified atom stereocenters. The molecule has 0 bridgehead atoms. The number of hydrazine groups is 1. The average molecular weight is 259 g/mol. The molecule has 0 aliphatic carbocycles. The van der Waals surface area contributed by atoms with Crippen LogP contribution in [-0.2, 0) is 4.79 Å². The van der Waals surface area contributed by atoms with Crippen molar-refractivity contribution in [3.8, 4) is 0 Å². The van der Waals surface area contributed by atoms with Crippen molar-refractivity contribution in [3.63, 3.8) is 0 Å². The molecule has 3 nitrogen and oxygen atoms in total. The summed E-state index contributed by atoms with van der Waals surface area (Å²) in [7, 11) is 0. The van der Waals surface area contributed by atoms with E-state index in [1.807, 2.05) is 42.5 Å². The fourth-order valence-corrected chi connectivity index (χ4v) is 2.31. The summed E-state index contributed by atoms with van der Waals surface area (Å²) in [5.74, 6) is -0.0981. The second kappa shape index (κ2) is 4.44. The number of hydrogen-bond donors (Lipinski definition) is 2. The van der Waals surface area contributed by atoms with Crippen LogP contribution in [-0.4, -0.2) is 12.5 Å². The Morgan fingerprint density at radius 3 is 2.78 bits per heavy atom. The summed E-state index contributed by atoms with van der Waals surface area (Å²) < 4.78 is 0. The van der Waals surface area contributed by atoms with Crippen LogP contribution in [0.1, 0.15) is 5.56 Å². The van der Waals surface area contributed by atoms with E-state index in [1.165, 1.54) is 0 Å². The molecule has 2 N–H and O–H groups in total. The molecule has 1 aliphatic rings. The molecule has 18 heavy (non-hydrogen) atoms. The first-order valence-corrected chi connectivity index (χ1v) is 6.04. The van der Waals surface area contributed by atoms with E-state index in [4.69, 9.17) is 11.6 Å². The first-order chi connectivity index (χ1) is 8.75. The fraction of sp³-hybridized carbons (Fsp3) is 0.0714. The van der Waals surface area contributed by atoms with Gasteiger partial charge in [-0.05, 0) is 22.9 Å². The van der Waals surface area contributed by atoms with Gasteiger partial charge in [-0.25, -0.2) is 5.43 Å². The van der Waals surface area contributed by atoms with E-state index in [2.05, 4.69) is 10.9 Å². The maximum Gasteiger partial charge on any atom is 0.262 e. The smallest absolute Gasteiger partial charge is 0.262 e.